The van der Waals surface area contributed by atoms with Gasteiger partial charge in [0.05, 0.1) is 42.2 Å². The topological polar surface area (TPSA) is 97.2 Å². The fraction of sp³-hybridized carbons (Fsp3) is 0.414. The second-order valence-corrected chi connectivity index (χ2v) is 10.1. The molecular weight excluding hydrogens is 504 g/mol. The van der Waals surface area contributed by atoms with Crippen molar-refractivity contribution < 1.29 is 23.0 Å². The number of benzene rings is 1. The Labute approximate surface area is 226 Å². The molecule has 0 aliphatic carbocycles. The van der Waals surface area contributed by atoms with Gasteiger partial charge >= 0.3 is 5.97 Å². The number of ether oxygens (including phenoxy) is 2. The van der Waals surface area contributed by atoms with Gasteiger partial charge in [-0.2, -0.15) is 0 Å². The summed E-state index contributed by atoms with van der Waals surface area (Å²) >= 11 is 0. The molecule has 3 heterocycles. The van der Waals surface area contributed by atoms with Crippen LogP contribution in [0.3, 0.4) is 0 Å². The van der Waals surface area contributed by atoms with Crippen molar-refractivity contribution in [3.63, 3.8) is 0 Å². The number of carbonyl (C=O) groups excluding carboxylic acids is 1. The van der Waals surface area contributed by atoms with Gasteiger partial charge in [0.1, 0.15) is 16.9 Å². The Balaban J connectivity index is 1.91. The Hall–Kier alpha value is -3.79. The minimum Gasteiger partial charge on any atom is -0.494 e. The molecule has 208 valence electrons. The van der Waals surface area contributed by atoms with E-state index in [1.807, 2.05) is 6.07 Å². The lowest BCUT2D eigenvalue weighted by Gasteiger charge is -2.19. The minimum absolute atomic E-state index is 0.287. The smallest absolute Gasteiger partial charge is 0.338 e. The van der Waals surface area contributed by atoms with Crippen molar-refractivity contribution in [2.75, 3.05) is 7.11 Å². The van der Waals surface area contributed by atoms with E-state index in [1.165, 1.54) is 11.7 Å². The summed E-state index contributed by atoms with van der Waals surface area (Å²) in [4.78, 5) is 22.1. The van der Waals surface area contributed by atoms with Gasteiger partial charge in [0.25, 0.3) is 5.92 Å². The monoisotopic (exact) mass is 539 g/mol. The van der Waals surface area contributed by atoms with Gasteiger partial charge in [-0.25, -0.2) is 23.5 Å². The SMILES string of the molecule is C=CCCCC(F)(F)Cn1c(-c2nc3cc(C(=O)OC(C)C)cc(OC)c3n2C)cc2ccc(C(C)N)nc21. The van der Waals surface area contributed by atoms with Crippen molar-refractivity contribution in [3.05, 3.63) is 54.2 Å². The maximum absolute atomic E-state index is 15.3. The van der Waals surface area contributed by atoms with E-state index in [2.05, 4.69) is 11.6 Å². The largest absolute Gasteiger partial charge is 0.494 e. The van der Waals surface area contributed by atoms with Crippen LogP contribution >= 0.6 is 0 Å². The molecule has 0 aliphatic heterocycles. The van der Waals surface area contributed by atoms with E-state index in [4.69, 9.17) is 20.2 Å². The number of nitrogens with zero attached hydrogens (tertiary/aromatic N) is 4. The highest BCUT2D eigenvalue weighted by atomic mass is 19.3. The minimum atomic E-state index is -2.99. The standard InChI is InChI=1S/C29H35F2N5O3/c1-7-8-9-12-29(30,31)16-36-23(14-19-10-11-21(18(4)32)33-26(19)36)27-34-22-13-20(28(37)39-17(2)3)15-24(38-6)25(22)35(27)5/h7,10-11,13-15,17-18H,1,8-9,12,16,32H2,2-6H3. The number of rotatable bonds is 11. The fourth-order valence-corrected chi connectivity index (χ4v) is 4.65. The molecule has 0 fully saturated rings. The van der Waals surface area contributed by atoms with Gasteiger partial charge in [0.2, 0.25) is 0 Å². The average molecular weight is 540 g/mol. The van der Waals surface area contributed by atoms with E-state index >= 15 is 8.78 Å². The molecule has 8 nitrogen and oxygen atoms in total. The summed E-state index contributed by atoms with van der Waals surface area (Å²) in [5, 5.41) is 0.691. The number of fused-ring (bicyclic) bond motifs is 2. The molecule has 0 spiro atoms. The second-order valence-electron chi connectivity index (χ2n) is 10.1. The lowest BCUT2D eigenvalue weighted by Crippen LogP contribution is -2.24. The van der Waals surface area contributed by atoms with Crippen LogP contribution in [0.4, 0.5) is 8.78 Å². The lowest BCUT2D eigenvalue weighted by molar-refractivity contribution is -0.0246. The van der Waals surface area contributed by atoms with Crippen LogP contribution in [0.15, 0.2) is 43.0 Å². The highest BCUT2D eigenvalue weighted by Crippen LogP contribution is 2.36. The molecule has 0 bridgehead atoms. The lowest BCUT2D eigenvalue weighted by atomic mass is 10.1. The molecule has 0 amide bonds. The third-order valence-electron chi connectivity index (χ3n) is 6.53. The van der Waals surface area contributed by atoms with E-state index in [-0.39, 0.29) is 24.1 Å². The van der Waals surface area contributed by atoms with E-state index in [0.29, 0.717) is 57.9 Å². The first-order valence-electron chi connectivity index (χ1n) is 13.0. The number of allylic oxidation sites excluding steroid dienone is 1. The van der Waals surface area contributed by atoms with E-state index < -0.39 is 18.4 Å². The molecule has 0 saturated heterocycles. The van der Waals surface area contributed by atoms with Crippen LogP contribution < -0.4 is 10.5 Å². The number of aryl methyl sites for hydroxylation is 1. The molecule has 0 radical (unpaired) electrons. The first-order valence-corrected chi connectivity index (χ1v) is 13.0. The predicted octanol–water partition coefficient (Wildman–Crippen LogP) is 6.18. The Kier molecular flexibility index (Phi) is 8.06. The van der Waals surface area contributed by atoms with Gasteiger partial charge < -0.3 is 24.3 Å². The van der Waals surface area contributed by atoms with Crippen LogP contribution in [-0.2, 0) is 18.3 Å². The zero-order chi connectivity index (χ0) is 28.5. The Morgan fingerprint density at radius 1 is 1.21 bits per heavy atom. The highest BCUT2D eigenvalue weighted by Gasteiger charge is 2.32. The zero-order valence-corrected chi connectivity index (χ0v) is 23.0. The van der Waals surface area contributed by atoms with Crippen LogP contribution in [0.1, 0.15) is 62.1 Å². The number of pyridine rings is 1. The van der Waals surface area contributed by atoms with Gasteiger partial charge in [-0.3, -0.25) is 0 Å². The normalized spacial score (nSPS) is 12.8. The van der Waals surface area contributed by atoms with Crippen molar-refractivity contribution in [3.8, 4) is 17.3 Å². The Morgan fingerprint density at radius 3 is 2.59 bits per heavy atom. The zero-order valence-electron chi connectivity index (χ0n) is 23.0. The van der Waals surface area contributed by atoms with E-state index in [1.54, 1.807) is 62.7 Å². The van der Waals surface area contributed by atoms with Gasteiger partial charge in [-0.05, 0) is 63.9 Å². The average Bonchev–Trinajstić information content (AvgIpc) is 3.39. The van der Waals surface area contributed by atoms with Crippen LogP contribution in [0, 0.1) is 0 Å². The van der Waals surface area contributed by atoms with Crippen molar-refractivity contribution in [1.29, 1.82) is 0 Å². The summed E-state index contributed by atoms with van der Waals surface area (Å²) in [6.45, 7) is 8.38. The number of carbonyl (C=O) groups is 1. The number of unbranched alkanes of at least 4 members (excludes halogenated alkanes) is 1. The number of hydrogen-bond acceptors (Lipinski definition) is 6. The molecule has 39 heavy (non-hydrogen) atoms. The molecule has 0 aliphatic rings. The highest BCUT2D eigenvalue weighted by molar-refractivity contribution is 5.97. The maximum Gasteiger partial charge on any atom is 0.338 e. The second kappa shape index (κ2) is 11.1. The number of imidazole rings is 1. The van der Waals surface area contributed by atoms with Gasteiger partial charge in [-0.1, -0.05) is 6.08 Å². The summed E-state index contributed by atoms with van der Waals surface area (Å²) < 4.78 is 44.7. The maximum atomic E-state index is 15.3. The van der Waals surface area contributed by atoms with E-state index in [9.17, 15) is 4.79 Å². The number of hydrogen-bond donors (Lipinski definition) is 1. The molecule has 1 unspecified atom stereocenters. The fourth-order valence-electron chi connectivity index (χ4n) is 4.65. The Bertz CT molecular complexity index is 1520. The molecule has 1 aromatic carbocycles. The number of alkyl halides is 2. The van der Waals surface area contributed by atoms with Crippen molar-refractivity contribution in [2.45, 2.75) is 64.6 Å². The number of methoxy groups -OCH3 is 1. The Morgan fingerprint density at radius 2 is 1.95 bits per heavy atom. The van der Waals surface area contributed by atoms with Crippen LogP contribution in [0.25, 0.3) is 33.6 Å². The molecule has 3 aromatic heterocycles. The van der Waals surface area contributed by atoms with Crippen molar-refractivity contribution >= 4 is 28.0 Å². The van der Waals surface area contributed by atoms with Crippen LogP contribution in [0.5, 0.6) is 5.75 Å². The summed E-state index contributed by atoms with van der Waals surface area (Å²) in [6.07, 6.45) is 1.89. The molecule has 4 aromatic rings. The summed E-state index contributed by atoms with van der Waals surface area (Å²) in [7, 11) is 3.28. The number of esters is 1. The molecule has 10 heteroatoms. The van der Waals surface area contributed by atoms with Crippen LogP contribution in [-0.4, -0.2) is 44.2 Å². The quantitative estimate of drug-likeness (QED) is 0.139. The number of halogens is 2. The van der Waals surface area contributed by atoms with Crippen molar-refractivity contribution in [2.24, 2.45) is 12.8 Å². The third-order valence-corrected chi connectivity index (χ3v) is 6.53. The first-order chi connectivity index (χ1) is 18.5. The molecule has 2 N–H and O–H groups in total. The summed E-state index contributed by atoms with van der Waals surface area (Å²) in [5.74, 6) is -2.65. The van der Waals surface area contributed by atoms with Crippen molar-refractivity contribution in [1.82, 2.24) is 19.1 Å². The third kappa shape index (κ3) is 5.80. The summed E-state index contributed by atoms with van der Waals surface area (Å²) in [6, 6.07) is 8.29. The predicted molar refractivity (Wildman–Crippen MR) is 148 cm³/mol. The van der Waals surface area contributed by atoms with Crippen LogP contribution in [0.2, 0.25) is 0 Å². The molecular formula is C29H35F2N5O3. The number of aromatic nitrogens is 4. The molecule has 1 atom stereocenters. The molecule has 4 rings (SSSR count). The van der Waals surface area contributed by atoms with Gasteiger partial charge in [-0.15, -0.1) is 6.58 Å². The molecule has 0 saturated carbocycles. The summed E-state index contributed by atoms with van der Waals surface area (Å²) in [5.41, 5.74) is 8.91. The first kappa shape index (κ1) is 28.2. The van der Waals surface area contributed by atoms with Gasteiger partial charge in [0.15, 0.2) is 5.82 Å². The number of nitrogens with two attached hydrogens (primary N) is 1. The van der Waals surface area contributed by atoms with Gasteiger partial charge in [0, 0.05) is 24.9 Å². The van der Waals surface area contributed by atoms with E-state index in [0.717, 1.165) is 0 Å².